The summed E-state index contributed by atoms with van der Waals surface area (Å²) in [5, 5.41) is 15.6. The SMILES string of the molecule is CC(C)N(C(=O)c1cc(F)ccc1Oc1cncnc1N1CC2(CCN(CC3CCC(NS(C)(=O)=O)CC3)CC2)C1)C(C)C.O=C(O)/C=C/C(=O)O. The van der Waals surface area contributed by atoms with Crippen molar-refractivity contribution < 1.29 is 42.1 Å². The maximum Gasteiger partial charge on any atom is 0.328 e. The number of carboxylic acids is 2. The van der Waals surface area contributed by atoms with Gasteiger partial charge in [-0.1, -0.05) is 0 Å². The Bertz CT molecular complexity index is 1670. The highest BCUT2D eigenvalue weighted by atomic mass is 32.2. The number of nitrogens with one attached hydrogen (secondary N) is 1. The maximum absolute atomic E-state index is 14.3. The van der Waals surface area contributed by atoms with Crippen LogP contribution in [-0.4, -0.2) is 113 Å². The van der Waals surface area contributed by atoms with E-state index in [0.29, 0.717) is 29.6 Å². The zero-order valence-electron chi connectivity index (χ0n) is 30.5. The number of hydrogen-bond donors (Lipinski definition) is 3. The van der Waals surface area contributed by atoms with Crippen LogP contribution in [0.5, 0.6) is 11.5 Å². The first-order valence-corrected chi connectivity index (χ1v) is 19.5. The van der Waals surface area contributed by atoms with Gasteiger partial charge in [0, 0.05) is 55.3 Å². The third-order valence-electron chi connectivity index (χ3n) is 9.78. The highest BCUT2D eigenvalue weighted by Crippen LogP contribution is 2.45. The summed E-state index contributed by atoms with van der Waals surface area (Å²) in [6.45, 7) is 12.7. The summed E-state index contributed by atoms with van der Waals surface area (Å²) in [4.78, 5) is 47.8. The Morgan fingerprint density at radius 3 is 2.15 bits per heavy atom. The standard InChI is InChI=1S/C32H47FN6O4S.C4H4O4/c1-22(2)39(23(3)4)31(40)27-16-25(33)8-11-28(27)43-29-17-34-21-35-30(29)38-19-32(20-38)12-14-37(15-13-32)18-24-6-9-26(10-7-24)36-44(5,41)42;5-3(6)1-2-4(7)8/h8,11,16-17,21-24,26,36H,6-7,9-10,12-15,18-20H2,1-5H3;1-2H,(H,5,6)(H,7,8)/b;2-1+. The van der Waals surface area contributed by atoms with E-state index in [4.69, 9.17) is 14.9 Å². The number of nitrogens with zero attached hydrogens (tertiary/aromatic N) is 5. The Balaban J connectivity index is 0.000000677. The number of aromatic nitrogens is 2. The minimum atomic E-state index is -3.15. The van der Waals surface area contributed by atoms with E-state index in [1.165, 1.54) is 30.8 Å². The number of sulfonamides is 1. The summed E-state index contributed by atoms with van der Waals surface area (Å²) < 4.78 is 46.5. The lowest BCUT2D eigenvalue weighted by Crippen LogP contribution is -2.61. The van der Waals surface area contributed by atoms with Crippen LogP contribution in [0.15, 0.2) is 42.9 Å². The molecule has 1 spiro atoms. The maximum atomic E-state index is 14.3. The van der Waals surface area contributed by atoms with Crippen LogP contribution in [0, 0.1) is 17.2 Å². The van der Waals surface area contributed by atoms with Crippen molar-refractivity contribution >= 4 is 33.7 Å². The van der Waals surface area contributed by atoms with Gasteiger partial charge in [-0.05, 0) is 103 Å². The van der Waals surface area contributed by atoms with Crippen molar-refractivity contribution in [1.29, 1.82) is 0 Å². The second kappa shape index (κ2) is 17.6. The predicted molar refractivity (Wildman–Crippen MR) is 193 cm³/mol. The van der Waals surface area contributed by atoms with E-state index in [1.54, 1.807) is 11.1 Å². The Kier molecular flexibility index (Phi) is 13.7. The van der Waals surface area contributed by atoms with Crippen molar-refractivity contribution in [2.24, 2.45) is 11.3 Å². The van der Waals surface area contributed by atoms with Crippen molar-refractivity contribution in [2.75, 3.05) is 43.9 Å². The number of rotatable bonds is 12. The summed E-state index contributed by atoms with van der Waals surface area (Å²) in [6, 6.07) is 4.00. The number of piperidine rings is 1. The van der Waals surface area contributed by atoms with Gasteiger partial charge < -0.3 is 29.6 Å². The summed E-state index contributed by atoms with van der Waals surface area (Å²) in [5.41, 5.74) is 0.414. The lowest BCUT2D eigenvalue weighted by molar-refractivity contribution is -0.134. The van der Waals surface area contributed by atoms with Gasteiger partial charge in [0.2, 0.25) is 10.0 Å². The fraction of sp³-hybridized carbons (Fsp3) is 0.583. The first-order chi connectivity index (χ1) is 24.4. The molecule has 2 saturated heterocycles. The Labute approximate surface area is 305 Å². The molecule has 1 aromatic carbocycles. The number of likely N-dealkylation sites (tertiary alicyclic amines) is 1. The van der Waals surface area contributed by atoms with Gasteiger partial charge in [0.1, 0.15) is 17.9 Å². The first-order valence-electron chi connectivity index (χ1n) is 17.6. The third kappa shape index (κ3) is 11.4. The summed E-state index contributed by atoms with van der Waals surface area (Å²) in [5.74, 6) is -1.26. The van der Waals surface area contributed by atoms with E-state index in [2.05, 4.69) is 24.5 Å². The molecule has 2 aromatic rings. The summed E-state index contributed by atoms with van der Waals surface area (Å²) in [7, 11) is -3.15. The molecule has 3 aliphatic rings. The molecular formula is C36H51FN6O8S. The third-order valence-corrected chi connectivity index (χ3v) is 10.5. The highest BCUT2D eigenvalue weighted by Gasteiger charge is 2.46. The van der Waals surface area contributed by atoms with Crippen LogP contribution in [0.1, 0.15) is 76.6 Å². The first kappa shape index (κ1) is 40.6. The van der Waals surface area contributed by atoms with Gasteiger partial charge >= 0.3 is 11.9 Å². The Morgan fingerprint density at radius 1 is 1.02 bits per heavy atom. The lowest BCUT2D eigenvalue weighted by atomic mass is 9.71. The molecule has 0 bridgehead atoms. The van der Waals surface area contributed by atoms with Crippen LogP contribution >= 0.6 is 0 Å². The number of amides is 1. The second-order valence-corrected chi connectivity index (χ2v) is 16.4. The molecular weight excluding hydrogens is 695 g/mol. The average molecular weight is 747 g/mol. The van der Waals surface area contributed by atoms with Crippen LogP contribution < -0.4 is 14.4 Å². The van der Waals surface area contributed by atoms with Crippen molar-refractivity contribution in [3.05, 3.63) is 54.3 Å². The van der Waals surface area contributed by atoms with Crippen LogP contribution in [0.25, 0.3) is 0 Å². The summed E-state index contributed by atoms with van der Waals surface area (Å²) >= 11 is 0. The minimum Gasteiger partial charge on any atom is -0.478 e. The Morgan fingerprint density at radius 2 is 1.62 bits per heavy atom. The van der Waals surface area contributed by atoms with E-state index in [9.17, 15) is 27.2 Å². The molecule has 1 aromatic heterocycles. The molecule has 1 aliphatic carbocycles. The molecule has 52 heavy (non-hydrogen) atoms. The normalized spacial score (nSPS) is 20.3. The number of carboxylic acid groups (broad SMARTS) is 2. The number of hydrogen-bond acceptors (Lipinski definition) is 10. The molecule has 0 unspecified atom stereocenters. The van der Waals surface area contributed by atoms with Gasteiger partial charge in [0.25, 0.3) is 5.91 Å². The molecule has 16 heteroatoms. The van der Waals surface area contributed by atoms with Crippen molar-refractivity contribution in [2.45, 2.75) is 84.3 Å². The smallest absolute Gasteiger partial charge is 0.328 e. The number of ether oxygens (including phenoxy) is 1. The Hall–Kier alpha value is -4.15. The van der Waals surface area contributed by atoms with Crippen molar-refractivity contribution in [3.63, 3.8) is 0 Å². The number of anilines is 1. The monoisotopic (exact) mass is 746 g/mol. The average Bonchev–Trinajstić information content (AvgIpc) is 3.04. The number of carbonyl (C=O) groups is 3. The fourth-order valence-electron chi connectivity index (χ4n) is 7.41. The van der Waals surface area contributed by atoms with Crippen LogP contribution in [-0.2, 0) is 19.6 Å². The van der Waals surface area contributed by atoms with E-state index in [0.717, 1.165) is 71.2 Å². The van der Waals surface area contributed by atoms with Crippen LogP contribution in [0.2, 0.25) is 0 Å². The van der Waals surface area contributed by atoms with Gasteiger partial charge in [0.15, 0.2) is 11.6 Å². The number of carbonyl (C=O) groups excluding carboxylic acids is 1. The van der Waals surface area contributed by atoms with Crippen molar-refractivity contribution in [3.8, 4) is 11.5 Å². The topological polar surface area (TPSA) is 183 Å². The number of aliphatic carboxylic acids is 2. The fourth-order valence-corrected chi connectivity index (χ4v) is 8.26. The molecule has 1 amide bonds. The molecule has 3 N–H and O–H groups in total. The number of benzene rings is 1. The zero-order valence-corrected chi connectivity index (χ0v) is 31.3. The largest absolute Gasteiger partial charge is 0.478 e. The quantitative estimate of drug-likeness (QED) is 0.261. The number of halogens is 1. The zero-order chi connectivity index (χ0) is 38.2. The highest BCUT2D eigenvalue weighted by molar-refractivity contribution is 7.88. The molecule has 3 fully saturated rings. The van der Waals surface area contributed by atoms with Gasteiger partial charge in [0.05, 0.1) is 18.0 Å². The van der Waals surface area contributed by atoms with Gasteiger partial charge in [-0.3, -0.25) is 4.79 Å². The molecule has 14 nitrogen and oxygen atoms in total. The molecule has 5 rings (SSSR count). The van der Waals surface area contributed by atoms with Crippen LogP contribution in [0.3, 0.4) is 0 Å². The van der Waals surface area contributed by atoms with E-state index in [1.807, 2.05) is 27.7 Å². The molecule has 2 aliphatic heterocycles. The molecule has 1 saturated carbocycles. The van der Waals surface area contributed by atoms with Gasteiger partial charge in [-0.2, -0.15) is 0 Å². The second-order valence-electron chi connectivity index (χ2n) is 14.6. The van der Waals surface area contributed by atoms with E-state index < -0.39 is 27.8 Å². The van der Waals surface area contributed by atoms with Gasteiger partial charge in [-0.15, -0.1) is 0 Å². The minimum absolute atomic E-state index is 0.0582. The van der Waals surface area contributed by atoms with Crippen LogP contribution in [0.4, 0.5) is 10.2 Å². The van der Waals surface area contributed by atoms with Crippen molar-refractivity contribution in [1.82, 2.24) is 24.5 Å². The predicted octanol–water partition coefficient (Wildman–Crippen LogP) is 4.39. The summed E-state index contributed by atoms with van der Waals surface area (Å²) in [6.07, 6.45) is 11.7. The molecule has 0 atom stereocenters. The van der Waals surface area contributed by atoms with E-state index >= 15 is 0 Å². The van der Waals surface area contributed by atoms with Gasteiger partial charge in [-0.25, -0.2) is 37.1 Å². The molecule has 286 valence electrons. The molecule has 0 radical (unpaired) electrons. The molecule has 3 heterocycles. The van der Waals surface area contributed by atoms with E-state index in [-0.39, 0.29) is 40.8 Å². The lowest BCUT2D eigenvalue weighted by Gasteiger charge is -2.54.